The number of nitrogens with one attached hydrogen (secondary N) is 12. The maximum Gasteiger partial charge on any atom is 0.243 e. The van der Waals surface area contributed by atoms with E-state index in [0.717, 1.165) is 16.5 Å². The zero-order chi connectivity index (χ0) is 59.6. The Bertz CT molecular complexity index is 2850. The summed E-state index contributed by atoms with van der Waals surface area (Å²) in [7, 11) is 0. The van der Waals surface area contributed by atoms with Crippen LogP contribution >= 0.6 is 11.6 Å². The molecule has 5 rings (SSSR count). The number of para-hydroxylation sites is 1. The molecule has 26 heteroatoms. The van der Waals surface area contributed by atoms with Gasteiger partial charge in [-0.25, -0.2) is 0 Å². The zero-order valence-electron chi connectivity index (χ0n) is 46.0. The van der Waals surface area contributed by atoms with Crippen LogP contribution in [-0.4, -0.2) is 144 Å². The number of halogens is 1. The van der Waals surface area contributed by atoms with Gasteiger partial charge in [-0.1, -0.05) is 78.3 Å². The number of guanidine groups is 2. The van der Waals surface area contributed by atoms with Gasteiger partial charge in [0.25, 0.3) is 0 Å². The molecule has 0 bridgehead atoms. The van der Waals surface area contributed by atoms with Crippen molar-refractivity contribution in [2.45, 2.75) is 120 Å². The van der Waals surface area contributed by atoms with E-state index < -0.39 is 77.6 Å². The molecule has 1 aliphatic heterocycles. The van der Waals surface area contributed by atoms with Crippen LogP contribution < -0.4 is 65.1 Å². The van der Waals surface area contributed by atoms with Crippen LogP contribution in [0.5, 0.6) is 0 Å². The number of unbranched alkanes of at least 4 members (excludes halogenated alkanes) is 1. The third-order valence-corrected chi connectivity index (χ3v) is 14.2. The first-order valence-corrected chi connectivity index (χ1v) is 27.7. The lowest BCUT2D eigenvalue weighted by Gasteiger charge is -2.27. The number of primary amides is 1. The molecule has 4 aromatic rings. The smallest absolute Gasteiger partial charge is 0.243 e. The normalized spacial score (nSPS) is 15.5. The summed E-state index contributed by atoms with van der Waals surface area (Å²) in [6, 6.07) is 16.7. The highest BCUT2D eigenvalue weighted by molar-refractivity contribution is 6.31. The predicted molar refractivity (Wildman–Crippen MR) is 309 cm³/mol. The van der Waals surface area contributed by atoms with Gasteiger partial charge < -0.3 is 74.9 Å². The summed E-state index contributed by atoms with van der Waals surface area (Å²) in [4.78, 5) is 125. The van der Waals surface area contributed by atoms with Crippen molar-refractivity contribution in [3.05, 3.63) is 107 Å². The molecule has 1 fully saturated rings. The minimum Gasteiger partial charge on any atom is -0.370 e. The third kappa shape index (κ3) is 21.4. The lowest BCUT2D eigenvalue weighted by molar-refractivity contribution is -0.136. The molecule has 1 aliphatic rings. The average Bonchev–Trinajstić information content (AvgIpc) is 4.13. The first-order valence-electron chi connectivity index (χ1n) is 27.3. The maximum atomic E-state index is 14.7. The standard InChI is InChI=1S/C56H77ClN16O9/c1-34(75)68-43(20-11-24-65-55(59)60)50(78)64-26-22-48(76)63-23-10-9-19-42(49(58)77)69-53(81)46(30-38-31-67-41-18-8-6-16-39(38)41)71-51(79)44(21-12-25-66-56(61)62)70-52(80)45(28-35-13-3-2-4-14-35)72-54(82)47-29-36(32-73(47)33-74)27-37-15-5-7-17-40(37)57/h2-8,13-18,31,33,36,42-47,67H,9-12,19-30,32H2,1H3,(H2,58,77)(H,63,76)(H,64,78)(H,68,75)(H,69,81)(H,70,80)(H,71,79)(H,72,82)(H4,59,60,65)(H4,61,62,66)/t36-,42+,43+,44+,45-,46+,47+/m1/s1. The Labute approximate surface area is 480 Å². The second-order valence-electron chi connectivity index (χ2n) is 20.2. The molecule has 1 saturated heterocycles. The second-order valence-corrected chi connectivity index (χ2v) is 20.6. The number of benzene rings is 3. The van der Waals surface area contributed by atoms with E-state index in [9.17, 15) is 43.2 Å². The Hall–Kier alpha value is -8.74. The minimum atomic E-state index is -1.34. The number of amides is 9. The van der Waals surface area contributed by atoms with Gasteiger partial charge in [0.1, 0.15) is 36.3 Å². The lowest BCUT2D eigenvalue weighted by Crippen LogP contribution is -2.59. The number of fused-ring (bicyclic) bond motifs is 1. The molecule has 2 heterocycles. The van der Waals surface area contributed by atoms with Gasteiger partial charge in [0.15, 0.2) is 11.9 Å². The fraction of sp³-hybridized carbons (Fsp3) is 0.446. The van der Waals surface area contributed by atoms with E-state index in [-0.39, 0.29) is 94.9 Å². The van der Waals surface area contributed by atoms with Gasteiger partial charge in [0.05, 0.1) is 0 Å². The molecule has 9 amide bonds. The van der Waals surface area contributed by atoms with Gasteiger partial charge in [0.2, 0.25) is 53.7 Å². The number of aromatic amines is 1. The summed E-state index contributed by atoms with van der Waals surface area (Å²) in [5, 5.41) is 40.7. The van der Waals surface area contributed by atoms with Crippen molar-refractivity contribution in [1.82, 2.24) is 57.7 Å². The summed E-state index contributed by atoms with van der Waals surface area (Å²) < 4.78 is 0. The highest BCUT2D eigenvalue weighted by Gasteiger charge is 2.39. The van der Waals surface area contributed by atoms with Crippen molar-refractivity contribution in [1.29, 1.82) is 10.8 Å². The van der Waals surface area contributed by atoms with Gasteiger partial charge in [-0.3, -0.25) is 54.0 Å². The number of likely N-dealkylation sites (tertiary alicyclic amines) is 1. The van der Waals surface area contributed by atoms with Gasteiger partial charge in [0, 0.05) is 81.0 Å². The molecular weight excluding hydrogens is 1080 g/mol. The molecule has 1 aromatic heterocycles. The first-order chi connectivity index (χ1) is 39.3. The number of carbonyl (C=O) groups is 9. The summed E-state index contributed by atoms with van der Waals surface area (Å²) in [5.74, 6) is -5.56. The van der Waals surface area contributed by atoms with Gasteiger partial charge in [-0.2, -0.15) is 0 Å². The fourth-order valence-electron chi connectivity index (χ4n) is 9.66. The van der Waals surface area contributed by atoms with Crippen LogP contribution in [0.1, 0.15) is 81.4 Å². The maximum absolute atomic E-state index is 14.7. The second kappa shape index (κ2) is 33.1. The van der Waals surface area contributed by atoms with Crippen LogP contribution in [0.15, 0.2) is 85.1 Å². The topological polar surface area (TPSA) is 407 Å². The summed E-state index contributed by atoms with van der Waals surface area (Å²) in [6.07, 6.45) is 4.66. The number of H-pyrrole nitrogens is 1. The largest absolute Gasteiger partial charge is 0.370 e. The molecule has 18 N–H and O–H groups in total. The number of hydrogen-bond donors (Lipinski definition) is 15. The predicted octanol–water partition coefficient (Wildman–Crippen LogP) is -0.0554. The van der Waals surface area contributed by atoms with Crippen molar-refractivity contribution in [3.63, 3.8) is 0 Å². The van der Waals surface area contributed by atoms with Crippen LogP contribution in [0.4, 0.5) is 0 Å². The summed E-state index contributed by atoms with van der Waals surface area (Å²) in [5.41, 5.74) is 19.6. The highest BCUT2D eigenvalue weighted by Crippen LogP contribution is 2.28. The third-order valence-electron chi connectivity index (χ3n) is 13.8. The van der Waals surface area contributed by atoms with Crippen molar-refractivity contribution in [2.24, 2.45) is 23.1 Å². The molecule has 442 valence electrons. The number of rotatable bonds is 34. The number of aromatic nitrogens is 1. The molecular formula is C56H77ClN16O9. The van der Waals surface area contributed by atoms with E-state index in [0.29, 0.717) is 61.2 Å². The molecule has 0 unspecified atom stereocenters. The molecule has 0 spiro atoms. The molecule has 82 heavy (non-hydrogen) atoms. The quantitative estimate of drug-likeness (QED) is 0.0126. The first kappa shape index (κ1) is 64.1. The van der Waals surface area contributed by atoms with E-state index in [4.69, 9.17) is 39.6 Å². The van der Waals surface area contributed by atoms with Crippen LogP contribution in [0.2, 0.25) is 5.02 Å². The van der Waals surface area contributed by atoms with Gasteiger partial charge in [-0.15, -0.1) is 0 Å². The molecule has 7 atom stereocenters. The number of nitrogens with zero attached hydrogens (tertiary/aromatic N) is 1. The molecule has 0 radical (unpaired) electrons. The number of carbonyl (C=O) groups excluding carboxylic acids is 9. The van der Waals surface area contributed by atoms with E-state index >= 15 is 0 Å². The number of hydrogen-bond acceptors (Lipinski definition) is 11. The monoisotopic (exact) mass is 1150 g/mol. The summed E-state index contributed by atoms with van der Waals surface area (Å²) >= 11 is 6.45. The van der Waals surface area contributed by atoms with Crippen LogP contribution in [0, 0.1) is 16.7 Å². The van der Waals surface area contributed by atoms with Crippen LogP contribution in [-0.2, 0) is 62.4 Å². The van der Waals surface area contributed by atoms with Gasteiger partial charge >= 0.3 is 0 Å². The Morgan fingerprint density at radius 1 is 0.634 bits per heavy atom. The Morgan fingerprint density at radius 3 is 1.85 bits per heavy atom. The Balaban J connectivity index is 1.26. The highest BCUT2D eigenvalue weighted by atomic mass is 35.5. The van der Waals surface area contributed by atoms with Crippen LogP contribution in [0.3, 0.4) is 0 Å². The summed E-state index contributed by atoms with van der Waals surface area (Å²) in [6.45, 7) is 2.22. The van der Waals surface area contributed by atoms with E-state index in [1.54, 1.807) is 42.6 Å². The van der Waals surface area contributed by atoms with Gasteiger partial charge in [-0.05, 0) is 92.5 Å². The molecule has 0 aliphatic carbocycles. The zero-order valence-corrected chi connectivity index (χ0v) is 46.7. The van der Waals surface area contributed by atoms with Crippen LogP contribution in [0.25, 0.3) is 10.9 Å². The van der Waals surface area contributed by atoms with Crippen molar-refractivity contribution in [2.75, 3.05) is 32.7 Å². The number of nitrogens with two attached hydrogens (primary N) is 3. The minimum absolute atomic E-state index is 0.00809. The fourth-order valence-corrected chi connectivity index (χ4v) is 9.87. The Morgan fingerprint density at radius 2 is 1.21 bits per heavy atom. The van der Waals surface area contributed by atoms with Crippen molar-refractivity contribution < 1.29 is 43.2 Å². The molecule has 25 nitrogen and oxygen atoms in total. The van der Waals surface area contributed by atoms with Crippen molar-refractivity contribution in [3.8, 4) is 0 Å². The van der Waals surface area contributed by atoms with E-state index in [1.807, 2.05) is 42.5 Å². The van der Waals surface area contributed by atoms with Crippen molar-refractivity contribution >= 4 is 88.1 Å². The lowest BCUT2D eigenvalue weighted by atomic mass is 9.96. The van der Waals surface area contributed by atoms with E-state index in [1.165, 1.54) is 11.8 Å². The molecule has 0 saturated carbocycles. The van der Waals surface area contributed by atoms with E-state index in [2.05, 4.69) is 52.8 Å². The molecule has 3 aromatic carbocycles. The average molecular weight is 1150 g/mol. The Kier molecular flexibility index (Phi) is 25.9. The SMILES string of the molecule is CC(=O)N[C@@H](CCCNC(=N)N)C(=O)NCCC(=O)NCCCC[C@H](NC(=O)[C@H](Cc1c[nH]c2ccccc12)NC(=O)[C@H](CCCNC(=N)N)NC(=O)[C@@H](Cc1ccccc1)NC(=O)[C@@H]1C[C@@H](Cc2ccccc2Cl)CN1C=O)C(N)=O.